The molecule has 0 bridgehead atoms. The van der Waals surface area contributed by atoms with E-state index in [0.29, 0.717) is 24.2 Å². The second kappa shape index (κ2) is 5.88. The zero-order valence-corrected chi connectivity index (χ0v) is 13.6. The number of anilines is 1. The number of rotatable bonds is 3. The Hall–Kier alpha value is -2.62. The molecule has 0 fully saturated rings. The van der Waals surface area contributed by atoms with Crippen molar-refractivity contribution in [2.75, 3.05) is 11.9 Å². The first-order chi connectivity index (χ1) is 11.0. The van der Waals surface area contributed by atoms with Gasteiger partial charge in [0.25, 0.3) is 11.8 Å². The highest BCUT2D eigenvalue weighted by atomic mass is 16.2. The molecule has 0 saturated carbocycles. The van der Waals surface area contributed by atoms with Crippen molar-refractivity contribution in [1.82, 2.24) is 4.90 Å². The highest BCUT2D eigenvalue weighted by Gasteiger charge is 2.30. The summed E-state index contributed by atoms with van der Waals surface area (Å²) in [6.07, 6.45) is 0. The summed E-state index contributed by atoms with van der Waals surface area (Å²) in [6, 6.07) is 11.4. The molecule has 0 saturated heterocycles. The topological polar surface area (TPSA) is 49.4 Å². The smallest absolute Gasteiger partial charge is 0.256 e. The van der Waals surface area contributed by atoms with Crippen molar-refractivity contribution in [2.45, 2.75) is 27.3 Å². The van der Waals surface area contributed by atoms with Gasteiger partial charge in [-0.3, -0.25) is 9.59 Å². The number of aryl methyl sites for hydroxylation is 2. The van der Waals surface area contributed by atoms with Crippen LogP contribution in [0.4, 0.5) is 5.69 Å². The Morgan fingerprint density at radius 1 is 1.17 bits per heavy atom. The molecule has 1 aliphatic rings. The van der Waals surface area contributed by atoms with E-state index in [9.17, 15) is 9.59 Å². The average molecular weight is 308 g/mol. The van der Waals surface area contributed by atoms with Crippen LogP contribution >= 0.6 is 0 Å². The maximum atomic E-state index is 12.7. The summed E-state index contributed by atoms with van der Waals surface area (Å²) in [6.45, 7) is 7.15. The molecule has 1 N–H and O–H groups in total. The maximum absolute atomic E-state index is 12.7. The fourth-order valence-corrected chi connectivity index (χ4v) is 3.11. The SMILES string of the molecule is CCN1Cc2cccc(C(=O)Nc3cc(C)cc(C)c3)c2C1=O. The first-order valence-electron chi connectivity index (χ1n) is 7.80. The Bertz CT molecular complexity index is 776. The van der Waals surface area contributed by atoms with Crippen LogP contribution < -0.4 is 5.32 Å². The standard InChI is InChI=1S/C19H20N2O2/c1-4-21-11-14-6-5-7-16(17(14)19(21)23)18(22)20-15-9-12(2)8-13(3)10-15/h5-10H,4,11H2,1-3H3,(H,20,22). The van der Waals surface area contributed by atoms with Crippen LogP contribution in [0.3, 0.4) is 0 Å². The Morgan fingerprint density at radius 2 is 1.87 bits per heavy atom. The molecule has 4 heteroatoms. The van der Waals surface area contributed by atoms with Crippen molar-refractivity contribution < 1.29 is 9.59 Å². The summed E-state index contributed by atoms with van der Waals surface area (Å²) in [4.78, 5) is 26.9. The minimum absolute atomic E-state index is 0.0614. The number of nitrogens with one attached hydrogen (secondary N) is 1. The lowest BCUT2D eigenvalue weighted by atomic mass is 10.0. The molecular weight excluding hydrogens is 288 g/mol. The van der Waals surface area contributed by atoms with E-state index < -0.39 is 0 Å². The minimum Gasteiger partial charge on any atom is -0.335 e. The highest BCUT2D eigenvalue weighted by molar-refractivity contribution is 6.13. The number of carbonyl (C=O) groups is 2. The molecule has 0 aromatic heterocycles. The molecule has 2 amide bonds. The van der Waals surface area contributed by atoms with Crippen molar-refractivity contribution in [3.63, 3.8) is 0 Å². The number of nitrogens with zero attached hydrogens (tertiary/aromatic N) is 1. The summed E-state index contributed by atoms with van der Waals surface area (Å²) in [5, 5.41) is 2.91. The van der Waals surface area contributed by atoms with Gasteiger partial charge in [-0.15, -0.1) is 0 Å². The molecule has 0 radical (unpaired) electrons. The van der Waals surface area contributed by atoms with Crippen LogP contribution in [-0.2, 0) is 6.54 Å². The highest BCUT2D eigenvalue weighted by Crippen LogP contribution is 2.26. The van der Waals surface area contributed by atoms with Gasteiger partial charge in [-0.2, -0.15) is 0 Å². The summed E-state index contributed by atoms with van der Waals surface area (Å²) in [7, 11) is 0. The summed E-state index contributed by atoms with van der Waals surface area (Å²) in [5.41, 5.74) is 4.84. The van der Waals surface area contributed by atoms with E-state index in [-0.39, 0.29) is 11.8 Å². The van der Waals surface area contributed by atoms with Gasteiger partial charge in [-0.05, 0) is 55.7 Å². The summed E-state index contributed by atoms with van der Waals surface area (Å²) in [5.74, 6) is -0.299. The third-order valence-electron chi connectivity index (χ3n) is 4.12. The van der Waals surface area contributed by atoms with E-state index in [1.54, 1.807) is 11.0 Å². The van der Waals surface area contributed by atoms with Gasteiger partial charge in [0.1, 0.15) is 0 Å². The van der Waals surface area contributed by atoms with E-state index in [1.807, 2.05) is 45.0 Å². The van der Waals surface area contributed by atoms with Gasteiger partial charge in [0.05, 0.1) is 11.1 Å². The predicted octanol–water partition coefficient (Wildman–Crippen LogP) is 3.53. The lowest BCUT2D eigenvalue weighted by Gasteiger charge is -2.12. The number of hydrogen-bond acceptors (Lipinski definition) is 2. The van der Waals surface area contributed by atoms with Gasteiger partial charge < -0.3 is 10.2 Å². The number of carbonyl (C=O) groups excluding carboxylic acids is 2. The van der Waals surface area contributed by atoms with E-state index in [2.05, 4.69) is 11.4 Å². The first kappa shape index (κ1) is 15.3. The van der Waals surface area contributed by atoms with Crippen molar-refractivity contribution in [2.24, 2.45) is 0 Å². The molecule has 0 spiro atoms. The third-order valence-corrected chi connectivity index (χ3v) is 4.12. The molecule has 2 aromatic carbocycles. The molecule has 3 rings (SSSR count). The van der Waals surface area contributed by atoms with Gasteiger partial charge in [0.2, 0.25) is 0 Å². The summed E-state index contributed by atoms with van der Waals surface area (Å²) >= 11 is 0. The second-order valence-electron chi connectivity index (χ2n) is 5.99. The number of hydrogen-bond donors (Lipinski definition) is 1. The number of fused-ring (bicyclic) bond motifs is 1. The lowest BCUT2D eigenvalue weighted by molar-refractivity contribution is 0.0783. The molecule has 2 aromatic rings. The fraction of sp³-hybridized carbons (Fsp3) is 0.263. The van der Waals surface area contributed by atoms with Gasteiger partial charge in [0, 0.05) is 18.8 Å². The van der Waals surface area contributed by atoms with Crippen molar-refractivity contribution >= 4 is 17.5 Å². The van der Waals surface area contributed by atoms with Crippen LogP contribution in [0.2, 0.25) is 0 Å². The normalized spacial score (nSPS) is 13.2. The molecule has 0 aliphatic carbocycles. The molecule has 23 heavy (non-hydrogen) atoms. The van der Waals surface area contributed by atoms with Crippen LogP contribution in [-0.4, -0.2) is 23.3 Å². The molecule has 4 nitrogen and oxygen atoms in total. The number of benzene rings is 2. The number of amides is 2. The Morgan fingerprint density at radius 3 is 2.52 bits per heavy atom. The van der Waals surface area contributed by atoms with Crippen LogP contribution in [0.15, 0.2) is 36.4 Å². The largest absolute Gasteiger partial charge is 0.335 e. The van der Waals surface area contributed by atoms with Crippen molar-refractivity contribution in [3.8, 4) is 0 Å². The molecule has 118 valence electrons. The van der Waals surface area contributed by atoms with Crippen LogP contribution in [0, 0.1) is 13.8 Å². The van der Waals surface area contributed by atoms with Gasteiger partial charge in [-0.25, -0.2) is 0 Å². The average Bonchev–Trinajstić information content (AvgIpc) is 2.82. The predicted molar refractivity (Wildman–Crippen MR) is 90.7 cm³/mol. The monoisotopic (exact) mass is 308 g/mol. The zero-order chi connectivity index (χ0) is 16.6. The summed E-state index contributed by atoms with van der Waals surface area (Å²) < 4.78 is 0. The van der Waals surface area contributed by atoms with E-state index in [1.165, 1.54) is 0 Å². The third kappa shape index (κ3) is 2.84. The quantitative estimate of drug-likeness (QED) is 0.943. The molecule has 0 atom stereocenters. The minimum atomic E-state index is -0.238. The maximum Gasteiger partial charge on any atom is 0.256 e. The van der Waals surface area contributed by atoms with Crippen molar-refractivity contribution in [1.29, 1.82) is 0 Å². The fourth-order valence-electron chi connectivity index (χ4n) is 3.11. The van der Waals surface area contributed by atoms with Gasteiger partial charge in [0.15, 0.2) is 0 Å². The van der Waals surface area contributed by atoms with Crippen LogP contribution in [0.25, 0.3) is 0 Å². The Balaban J connectivity index is 1.93. The molecule has 0 unspecified atom stereocenters. The van der Waals surface area contributed by atoms with Crippen molar-refractivity contribution in [3.05, 3.63) is 64.2 Å². The molecule has 1 heterocycles. The van der Waals surface area contributed by atoms with Crippen LogP contribution in [0.1, 0.15) is 44.3 Å². The van der Waals surface area contributed by atoms with Crippen LogP contribution in [0.5, 0.6) is 0 Å². The zero-order valence-electron chi connectivity index (χ0n) is 13.6. The Labute approximate surface area is 136 Å². The van der Waals surface area contributed by atoms with Gasteiger partial charge in [-0.1, -0.05) is 18.2 Å². The second-order valence-corrected chi connectivity index (χ2v) is 5.99. The first-order valence-corrected chi connectivity index (χ1v) is 7.80. The lowest BCUT2D eigenvalue weighted by Crippen LogP contribution is -2.24. The van der Waals surface area contributed by atoms with E-state index >= 15 is 0 Å². The molecule has 1 aliphatic heterocycles. The molecular formula is C19H20N2O2. The Kier molecular flexibility index (Phi) is 3.90. The van der Waals surface area contributed by atoms with E-state index in [4.69, 9.17) is 0 Å². The van der Waals surface area contributed by atoms with Gasteiger partial charge >= 0.3 is 0 Å². The van der Waals surface area contributed by atoms with E-state index in [0.717, 1.165) is 22.4 Å².